The lowest BCUT2D eigenvalue weighted by Crippen LogP contribution is -2.29. The van der Waals surface area contributed by atoms with Crippen LogP contribution in [0.4, 0.5) is 0 Å². The van der Waals surface area contributed by atoms with E-state index in [-0.39, 0.29) is 17.7 Å². The lowest BCUT2D eigenvalue weighted by atomic mass is 9.80. The zero-order valence-electron chi connectivity index (χ0n) is 16.3. The van der Waals surface area contributed by atoms with Crippen LogP contribution in [0, 0.1) is 5.92 Å². The molecule has 0 spiro atoms. The number of nitrogens with one attached hydrogen (secondary N) is 1. The van der Waals surface area contributed by atoms with Gasteiger partial charge in [-0.1, -0.05) is 68.4 Å². The van der Waals surface area contributed by atoms with Crippen molar-refractivity contribution in [1.29, 1.82) is 0 Å². The SMILES string of the molecule is CC1=C(C(=O)OCC(C)C)[C@@H](c2ccccc2)C2=C(N1)c1ccccc1C2=O. The quantitative estimate of drug-likeness (QED) is 0.804. The van der Waals surface area contributed by atoms with Crippen LogP contribution in [0.1, 0.15) is 48.2 Å². The Bertz CT molecular complexity index is 1020. The first-order valence-corrected chi connectivity index (χ1v) is 9.57. The molecule has 4 nitrogen and oxygen atoms in total. The number of Topliss-reactive ketones (excluding diaryl/α,β-unsaturated/α-hetero) is 1. The van der Waals surface area contributed by atoms with E-state index >= 15 is 0 Å². The highest BCUT2D eigenvalue weighted by atomic mass is 16.5. The second kappa shape index (κ2) is 7.12. The Hall–Kier alpha value is -3.14. The molecule has 2 aromatic rings. The molecule has 2 aromatic carbocycles. The molecule has 4 rings (SSSR count). The van der Waals surface area contributed by atoms with E-state index < -0.39 is 5.92 Å². The maximum atomic E-state index is 13.3. The van der Waals surface area contributed by atoms with Crippen molar-refractivity contribution in [3.8, 4) is 0 Å². The van der Waals surface area contributed by atoms with Gasteiger partial charge in [0.05, 0.1) is 17.9 Å². The molecule has 0 aromatic heterocycles. The Morgan fingerprint density at radius 2 is 1.68 bits per heavy atom. The van der Waals surface area contributed by atoms with Gasteiger partial charge in [0.25, 0.3) is 0 Å². The standard InChI is InChI=1S/C24H23NO3/c1-14(2)13-28-24(27)19-15(3)25-22-17-11-7-8-12-18(17)23(26)21(22)20(19)16-9-5-4-6-10-16/h4-12,14,20,25H,13H2,1-3H3/t20-/m1/s1. The first-order valence-electron chi connectivity index (χ1n) is 9.57. The molecule has 4 heteroatoms. The average Bonchev–Trinajstić information content (AvgIpc) is 2.98. The molecule has 142 valence electrons. The molecule has 0 unspecified atom stereocenters. The van der Waals surface area contributed by atoms with Crippen LogP contribution >= 0.6 is 0 Å². The number of ether oxygens (including phenoxy) is 1. The van der Waals surface area contributed by atoms with Gasteiger partial charge >= 0.3 is 5.97 Å². The van der Waals surface area contributed by atoms with Gasteiger partial charge in [-0.25, -0.2) is 4.79 Å². The number of hydrogen-bond donors (Lipinski definition) is 1. The summed E-state index contributed by atoms with van der Waals surface area (Å²) in [6, 6.07) is 17.3. The van der Waals surface area contributed by atoms with E-state index in [1.807, 2.05) is 75.4 Å². The highest BCUT2D eigenvalue weighted by Gasteiger charge is 2.42. The number of ketones is 1. The van der Waals surface area contributed by atoms with Crippen molar-refractivity contribution in [2.24, 2.45) is 5.92 Å². The maximum absolute atomic E-state index is 13.3. The molecular formula is C24H23NO3. The van der Waals surface area contributed by atoms with Crippen molar-refractivity contribution in [1.82, 2.24) is 5.32 Å². The fourth-order valence-electron chi connectivity index (χ4n) is 3.90. The summed E-state index contributed by atoms with van der Waals surface area (Å²) in [7, 11) is 0. The van der Waals surface area contributed by atoms with Gasteiger partial charge in [-0.3, -0.25) is 4.79 Å². The van der Waals surface area contributed by atoms with Crippen LogP contribution in [0.5, 0.6) is 0 Å². The van der Waals surface area contributed by atoms with E-state index in [9.17, 15) is 9.59 Å². The number of carbonyl (C=O) groups excluding carboxylic acids is 2. The molecule has 2 aliphatic rings. The number of rotatable bonds is 4. The molecule has 0 amide bonds. The van der Waals surface area contributed by atoms with E-state index in [1.54, 1.807) is 0 Å². The summed E-state index contributed by atoms with van der Waals surface area (Å²) in [5, 5.41) is 3.32. The first-order chi connectivity index (χ1) is 13.5. The van der Waals surface area contributed by atoms with Gasteiger partial charge in [0.2, 0.25) is 0 Å². The van der Waals surface area contributed by atoms with Crippen LogP contribution in [0.25, 0.3) is 5.70 Å². The third-order valence-electron chi connectivity index (χ3n) is 5.15. The molecule has 1 N–H and O–H groups in total. The lowest BCUT2D eigenvalue weighted by Gasteiger charge is -2.29. The van der Waals surface area contributed by atoms with Gasteiger partial charge in [0.1, 0.15) is 0 Å². The average molecular weight is 373 g/mol. The second-order valence-corrected chi connectivity index (χ2v) is 7.66. The van der Waals surface area contributed by atoms with Gasteiger partial charge in [-0.2, -0.15) is 0 Å². The summed E-state index contributed by atoms with van der Waals surface area (Å²) in [6.45, 7) is 6.22. The summed E-state index contributed by atoms with van der Waals surface area (Å²) in [5.74, 6) is -0.614. The Kier molecular flexibility index (Phi) is 4.63. The Morgan fingerprint density at radius 3 is 2.36 bits per heavy atom. The van der Waals surface area contributed by atoms with Crippen molar-refractivity contribution in [2.45, 2.75) is 26.7 Å². The highest BCUT2D eigenvalue weighted by molar-refractivity contribution is 6.23. The van der Waals surface area contributed by atoms with E-state index in [0.29, 0.717) is 23.3 Å². The summed E-state index contributed by atoms with van der Waals surface area (Å²) >= 11 is 0. The van der Waals surface area contributed by atoms with Crippen LogP contribution in [-0.2, 0) is 9.53 Å². The number of benzene rings is 2. The van der Waals surface area contributed by atoms with Crippen molar-refractivity contribution in [3.05, 3.63) is 88.1 Å². The van der Waals surface area contributed by atoms with E-state index in [1.165, 1.54) is 0 Å². The van der Waals surface area contributed by atoms with Gasteiger partial charge in [0.15, 0.2) is 5.78 Å². The molecular weight excluding hydrogens is 350 g/mol. The second-order valence-electron chi connectivity index (χ2n) is 7.66. The Morgan fingerprint density at radius 1 is 1.04 bits per heavy atom. The fraction of sp³-hybridized carbons (Fsp3) is 0.250. The molecule has 1 atom stereocenters. The molecule has 1 heterocycles. The summed E-state index contributed by atoms with van der Waals surface area (Å²) in [6.07, 6.45) is 0. The Balaban J connectivity index is 1.84. The molecule has 0 radical (unpaired) electrons. The van der Waals surface area contributed by atoms with E-state index in [2.05, 4.69) is 5.32 Å². The fourth-order valence-corrected chi connectivity index (χ4v) is 3.90. The summed E-state index contributed by atoms with van der Waals surface area (Å²) in [5.41, 5.74) is 5.12. The minimum atomic E-state index is -0.447. The summed E-state index contributed by atoms with van der Waals surface area (Å²) in [4.78, 5) is 26.3. The van der Waals surface area contributed by atoms with E-state index in [0.717, 1.165) is 22.5 Å². The predicted octanol–water partition coefficient (Wildman–Crippen LogP) is 4.45. The molecule has 28 heavy (non-hydrogen) atoms. The van der Waals surface area contributed by atoms with Gasteiger partial charge in [0, 0.05) is 28.3 Å². The molecule has 0 fully saturated rings. The number of fused-ring (bicyclic) bond motifs is 2. The largest absolute Gasteiger partial charge is 0.462 e. The van der Waals surface area contributed by atoms with Gasteiger partial charge in [-0.15, -0.1) is 0 Å². The zero-order valence-corrected chi connectivity index (χ0v) is 16.3. The van der Waals surface area contributed by atoms with Crippen LogP contribution in [0.3, 0.4) is 0 Å². The van der Waals surface area contributed by atoms with Crippen molar-refractivity contribution >= 4 is 17.4 Å². The summed E-state index contributed by atoms with van der Waals surface area (Å²) < 4.78 is 5.56. The normalized spacial score (nSPS) is 18.1. The predicted molar refractivity (Wildman–Crippen MR) is 109 cm³/mol. The maximum Gasteiger partial charge on any atom is 0.336 e. The van der Waals surface area contributed by atoms with Crippen LogP contribution in [0.15, 0.2) is 71.4 Å². The molecule has 0 saturated carbocycles. The number of dihydropyridines is 1. The van der Waals surface area contributed by atoms with Crippen LogP contribution in [0.2, 0.25) is 0 Å². The number of esters is 1. The van der Waals surface area contributed by atoms with Crippen LogP contribution < -0.4 is 5.32 Å². The van der Waals surface area contributed by atoms with E-state index in [4.69, 9.17) is 4.74 Å². The first kappa shape index (κ1) is 18.2. The molecule has 0 saturated heterocycles. The third-order valence-corrected chi connectivity index (χ3v) is 5.15. The van der Waals surface area contributed by atoms with Crippen molar-refractivity contribution in [2.75, 3.05) is 6.61 Å². The number of allylic oxidation sites excluding steroid dienone is 2. The zero-order chi connectivity index (χ0) is 19.8. The molecule has 0 bridgehead atoms. The lowest BCUT2D eigenvalue weighted by molar-refractivity contribution is -0.140. The smallest absolute Gasteiger partial charge is 0.336 e. The Labute approximate surface area is 164 Å². The van der Waals surface area contributed by atoms with Crippen molar-refractivity contribution < 1.29 is 14.3 Å². The van der Waals surface area contributed by atoms with Crippen molar-refractivity contribution in [3.63, 3.8) is 0 Å². The third kappa shape index (κ3) is 2.95. The molecule has 1 aliphatic heterocycles. The monoisotopic (exact) mass is 373 g/mol. The molecule has 1 aliphatic carbocycles. The number of hydrogen-bond acceptors (Lipinski definition) is 4. The highest BCUT2D eigenvalue weighted by Crippen LogP contribution is 2.46. The minimum absolute atomic E-state index is 0.0337. The van der Waals surface area contributed by atoms with Crippen LogP contribution in [-0.4, -0.2) is 18.4 Å². The van der Waals surface area contributed by atoms with Gasteiger partial charge < -0.3 is 10.1 Å². The van der Waals surface area contributed by atoms with Gasteiger partial charge in [-0.05, 0) is 18.4 Å². The number of carbonyl (C=O) groups is 2. The minimum Gasteiger partial charge on any atom is -0.462 e. The topological polar surface area (TPSA) is 55.4 Å².